The number of halogens is 6. The highest BCUT2D eigenvalue weighted by atomic mass is 19.4. The Kier molecular flexibility index (Phi) is 5.30. The third-order valence-electron chi connectivity index (χ3n) is 2.22. The molecule has 18 heavy (non-hydrogen) atoms. The Morgan fingerprint density at radius 1 is 1.11 bits per heavy atom. The van der Waals surface area contributed by atoms with Crippen molar-refractivity contribution >= 4 is 6.09 Å². The molecule has 3 nitrogen and oxygen atoms in total. The van der Waals surface area contributed by atoms with Crippen LogP contribution in [0.1, 0.15) is 26.7 Å². The number of hydrogen-bond acceptors (Lipinski definition) is 2. The van der Waals surface area contributed by atoms with E-state index in [1.54, 1.807) is 6.92 Å². The monoisotopic (exact) mass is 281 g/mol. The molecule has 0 bridgehead atoms. The van der Waals surface area contributed by atoms with Gasteiger partial charge >= 0.3 is 18.4 Å². The first-order valence-corrected chi connectivity index (χ1v) is 5.04. The van der Waals surface area contributed by atoms with E-state index in [2.05, 4.69) is 4.74 Å². The van der Waals surface area contributed by atoms with Gasteiger partial charge < -0.3 is 4.74 Å². The van der Waals surface area contributed by atoms with Crippen LogP contribution in [0.25, 0.3) is 0 Å². The molecule has 0 unspecified atom stereocenters. The Morgan fingerprint density at radius 2 is 1.56 bits per heavy atom. The molecule has 0 aliphatic carbocycles. The molecule has 108 valence electrons. The number of alkyl carbamates (subject to hydrolysis) is 1. The fraction of sp³-hybridized carbons (Fsp3) is 0.889. The second-order valence-electron chi connectivity index (χ2n) is 3.73. The number of ether oxygens (including phenoxy) is 1. The van der Waals surface area contributed by atoms with Gasteiger partial charge in [0.15, 0.2) is 0 Å². The predicted molar refractivity (Wildman–Crippen MR) is 49.9 cm³/mol. The van der Waals surface area contributed by atoms with Crippen molar-refractivity contribution in [3.63, 3.8) is 0 Å². The summed E-state index contributed by atoms with van der Waals surface area (Å²) in [5.41, 5.74) is -4.33. The molecule has 0 aromatic heterocycles. The molecule has 1 amide bonds. The number of carbonyl (C=O) groups is 1. The summed E-state index contributed by atoms with van der Waals surface area (Å²) in [4.78, 5) is 10.9. The van der Waals surface area contributed by atoms with E-state index in [-0.39, 0.29) is 13.5 Å². The van der Waals surface area contributed by atoms with Gasteiger partial charge in [0.25, 0.3) is 0 Å². The molecule has 0 atom stereocenters. The van der Waals surface area contributed by atoms with E-state index in [4.69, 9.17) is 0 Å². The van der Waals surface area contributed by atoms with Crippen LogP contribution in [0.3, 0.4) is 0 Å². The van der Waals surface area contributed by atoms with Gasteiger partial charge in [0, 0.05) is 0 Å². The lowest BCUT2D eigenvalue weighted by Crippen LogP contribution is -2.65. The Morgan fingerprint density at radius 3 is 1.89 bits per heavy atom. The number of hydrogen-bond donors (Lipinski definition) is 1. The molecule has 0 aliphatic heterocycles. The first-order chi connectivity index (χ1) is 7.95. The van der Waals surface area contributed by atoms with E-state index in [1.807, 2.05) is 0 Å². The topological polar surface area (TPSA) is 38.3 Å². The van der Waals surface area contributed by atoms with Crippen molar-refractivity contribution in [3.8, 4) is 0 Å². The molecular formula is C9H13F6NO2. The normalized spacial score (nSPS) is 13.3. The van der Waals surface area contributed by atoms with Gasteiger partial charge in [-0.25, -0.2) is 4.79 Å². The SMILES string of the molecule is CCCCOC(=O)NC(C)(C(F)(F)F)C(F)(F)F. The van der Waals surface area contributed by atoms with Crippen molar-refractivity contribution in [1.29, 1.82) is 0 Å². The van der Waals surface area contributed by atoms with Crippen molar-refractivity contribution < 1.29 is 35.9 Å². The van der Waals surface area contributed by atoms with Crippen LogP contribution in [0.15, 0.2) is 0 Å². The van der Waals surface area contributed by atoms with Gasteiger partial charge in [0.2, 0.25) is 5.54 Å². The van der Waals surface area contributed by atoms with Gasteiger partial charge in [-0.2, -0.15) is 26.3 Å². The summed E-state index contributed by atoms with van der Waals surface area (Å²) in [6, 6.07) is 0. The van der Waals surface area contributed by atoms with Crippen molar-refractivity contribution in [2.75, 3.05) is 6.61 Å². The van der Waals surface area contributed by atoms with Crippen molar-refractivity contribution in [2.24, 2.45) is 0 Å². The molecule has 0 fully saturated rings. The smallest absolute Gasteiger partial charge is 0.420 e. The number of nitrogens with one attached hydrogen (secondary N) is 1. The third-order valence-corrected chi connectivity index (χ3v) is 2.22. The highest BCUT2D eigenvalue weighted by molar-refractivity contribution is 5.68. The van der Waals surface area contributed by atoms with E-state index >= 15 is 0 Å². The Bertz CT molecular complexity index is 272. The molecule has 0 aromatic rings. The summed E-state index contributed by atoms with van der Waals surface area (Å²) >= 11 is 0. The third kappa shape index (κ3) is 3.95. The van der Waals surface area contributed by atoms with Crippen LogP contribution < -0.4 is 5.32 Å². The molecule has 0 radical (unpaired) electrons. The molecule has 0 spiro atoms. The minimum absolute atomic E-state index is 0.159. The zero-order chi connectivity index (χ0) is 14.6. The molecule has 0 rings (SSSR count). The van der Waals surface area contributed by atoms with E-state index in [0.29, 0.717) is 12.8 Å². The van der Waals surface area contributed by atoms with Crippen LogP contribution in [-0.4, -0.2) is 30.6 Å². The molecule has 0 saturated heterocycles. The average Bonchev–Trinajstić information content (AvgIpc) is 2.14. The molecule has 1 N–H and O–H groups in total. The van der Waals surface area contributed by atoms with Gasteiger partial charge in [0.1, 0.15) is 0 Å². The second-order valence-corrected chi connectivity index (χ2v) is 3.73. The molecule has 0 saturated carbocycles. The van der Waals surface area contributed by atoms with Gasteiger partial charge in [-0.3, -0.25) is 5.32 Å². The van der Waals surface area contributed by atoms with Crippen LogP contribution in [0.2, 0.25) is 0 Å². The highest BCUT2D eigenvalue weighted by Crippen LogP contribution is 2.42. The first kappa shape index (κ1) is 16.9. The molecule has 0 heterocycles. The molecule has 9 heteroatoms. The van der Waals surface area contributed by atoms with E-state index in [1.165, 1.54) is 0 Å². The zero-order valence-electron chi connectivity index (χ0n) is 9.71. The highest BCUT2D eigenvalue weighted by Gasteiger charge is 2.68. The van der Waals surface area contributed by atoms with Gasteiger partial charge in [-0.1, -0.05) is 13.3 Å². The second kappa shape index (κ2) is 5.66. The summed E-state index contributed by atoms with van der Waals surface area (Å²) in [5.74, 6) is 0. The quantitative estimate of drug-likeness (QED) is 0.633. The zero-order valence-corrected chi connectivity index (χ0v) is 9.71. The summed E-state index contributed by atoms with van der Waals surface area (Å²) in [5, 5.41) is 0.821. The minimum atomic E-state index is -5.67. The Labute approximate surface area is 99.5 Å². The fourth-order valence-corrected chi connectivity index (χ4v) is 0.852. The Hall–Kier alpha value is -1.15. The van der Waals surface area contributed by atoms with Crippen LogP contribution in [-0.2, 0) is 4.74 Å². The maximum atomic E-state index is 12.4. The first-order valence-electron chi connectivity index (χ1n) is 5.04. The number of carbonyl (C=O) groups excluding carboxylic acids is 1. The molecule has 0 aliphatic rings. The summed E-state index contributed by atoms with van der Waals surface area (Å²) in [6.07, 6.45) is -12.2. The van der Waals surface area contributed by atoms with E-state index in [9.17, 15) is 31.1 Å². The lowest BCUT2D eigenvalue weighted by atomic mass is 10.0. The number of alkyl halides is 6. The molecular weight excluding hydrogens is 268 g/mol. The fourth-order valence-electron chi connectivity index (χ4n) is 0.852. The summed E-state index contributed by atoms with van der Waals surface area (Å²) in [7, 11) is 0. The number of amides is 1. The standard InChI is InChI=1S/C9H13F6NO2/c1-3-4-5-18-6(17)16-7(2,8(10,11)12)9(13,14)15/h3-5H2,1-2H3,(H,16,17). The predicted octanol–water partition coefficient (Wildman–Crippen LogP) is 3.40. The van der Waals surface area contributed by atoms with E-state index < -0.39 is 24.0 Å². The summed E-state index contributed by atoms with van der Waals surface area (Å²) in [6.45, 7) is 1.32. The van der Waals surface area contributed by atoms with Gasteiger partial charge in [-0.15, -0.1) is 0 Å². The number of unbranched alkanes of at least 4 members (excludes halogenated alkanes) is 1. The number of rotatable bonds is 4. The summed E-state index contributed by atoms with van der Waals surface area (Å²) < 4.78 is 78.4. The lowest BCUT2D eigenvalue weighted by molar-refractivity contribution is -0.298. The van der Waals surface area contributed by atoms with Gasteiger partial charge in [0.05, 0.1) is 6.61 Å². The van der Waals surface area contributed by atoms with Crippen molar-refractivity contribution in [3.05, 3.63) is 0 Å². The van der Waals surface area contributed by atoms with Crippen LogP contribution in [0, 0.1) is 0 Å². The Balaban J connectivity index is 4.79. The van der Waals surface area contributed by atoms with Crippen LogP contribution in [0.5, 0.6) is 0 Å². The lowest BCUT2D eigenvalue weighted by Gasteiger charge is -2.34. The molecule has 0 aromatic carbocycles. The maximum Gasteiger partial charge on any atom is 0.420 e. The maximum absolute atomic E-state index is 12.4. The minimum Gasteiger partial charge on any atom is -0.450 e. The van der Waals surface area contributed by atoms with Crippen LogP contribution in [0.4, 0.5) is 31.1 Å². The average molecular weight is 281 g/mol. The van der Waals surface area contributed by atoms with E-state index in [0.717, 1.165) is 5.32 Å². The van der Waals surface area contributed by atoms with Gasteiger partial charge in [-0.05, 0) is 13.3 Å². The van der Waals surface area contributed by atoms with Crippen molar-refractivity contribution in [2.45, 2.75) is 44.6 Å². The van der Waals surface area contributed by atoms with Crippen molar-refractivity contribution in [1.82, 2.24) is 5.32 Å². The van der Waals surface area contributed by atoms with Crippen LogP contribution >= 0.6 is 0 Å². The largest absolute Gasteiger partial charge is 0.450 e.